The largest absolute Gasteiger partial charge is 0.0961 e. The minimum Gasteiger partial charge on any atom is -0.0961 e. The molecule has 0 saturated carbocycles. The van der Waals surface area contributed by atoms with E-state index in [1.165, 1.54) is 0 Å². The van der Waals surface area contributed by atoms with Crippen molar-refractivity contribution in [2.75, 3.05) is 0 Å². The van der Waals surface area contributed by atoms with E-state index in [1.54, 1.807) is 0 Å². The van der Waals surface area contributed by atoms with Crippen molar-refractivity contribution in [1.82, 2.24) is 0 Å². The highest BCUT2D eigenvalue weighted by molar-refractivity contribution is 5.16. The number of hydrogen-bond donors (Lipinski definition) is 0. The van der Waals surface area contributed by atoms with Crippen LogP contribution in [0.4, 0.5) is 0 Å². The molecule has 0 aromatic heterocycles. The van der Waals surface area contributed by atoms with Crippen LogP contribution in [0.15, 0.2) is 36.5 Å². The molecule has 0 saturated heterocycles. The lowest BCUT2D eigenvalue weighted by atomic mass is 10.3. The van der Waals surface area contributed by atoms with Gasteiger partial charge in [-0.1, -0.05) is 36.5 Å². The molecule has 0 aliphatic carbocycles. The van der Waals surface area contributed by atoms with Crippen LogP contribution in [0.5, 0.6) is 0 Å². The molecule has 0 bridgehead atoms. The molecule has 0 N–H and O–H groups in total. The average molecular weight is 108 g/mol. The first-order valence-electron chi connectivity index (χ1n) is 2.72. The van der Waals surface area contributed by atoms with Crippen LogP contribution in [0.2, 0.25) is 0 Å². The summed E-state index contributed by atoms with van der Waals surface area (Å²) in [5.74, 6) is 0. The lowest BCUT2D eigenvalue weighted by Gasteiger charge is -1.78. The van der Waals surface area contributed by atoms with E-state index in [4.69, 9.17) is 0 Å². The number of allylic oxidation sites excluding steroid dienone is 5. The smallest absolute Gasteiger partial charge is 0.0404 e. The van der Waals surface area contributed by atoms with Crippen molar-refractivity contribution in [1.29, 1.82) is 0 Å². The van der Waals surface area contributed by atoms with Gasteiger partial charge in [0.2, 0.25) is 0 Å². The first-order valence-corrected chi connectivity index (χ1v) is 2.72. The summed E-state index contributed by atoms with van der Waals surface area (Å²) in [5.41, 5.74) is 1.09. The van der Waals surface area contributed by atoms with Crippen molar-refractivity contribution in [2.24, 2.45) is 0 Å². The summed E-state index contributed by atoms with van der Waals surface area (Å²) in [7, 11) is 0. The highest BCUT2D eigenvalue weighted by atomic mass is 13.7. The van der Waals surface area contributed by atoms with E-state index in [2.05, 4.69) is 6.58 Å². The van der Waals surface area contributed by atoms with E-state index >= 15 is 0 Å². The molecule has 0 rings (SSSR count). The molecular formula is C8H12. The van der Waals surface area contributed by atoms with Crippen LogP contribution in [-0.4, -0.2) is 0 Å². The number of hydrogen-bond acceptors (Lipinski definition) is 0. The summed E-state index contributed by atoms with van der Waals surface area (Å²) >= 11 is 0. The molecule has 0 radical (unpaired) electrons. The van der Waals surface area contributed by atoms with Gasteiger partial charge in [0.05, 0.1) is 0 Å². The van der Waals surface area contributed by atoms with Gasteiger partial charge in [-0.2, -0.15) is 0 Å². The minimum absolute atomic E-state index is 1.09. The zero-order valence-electron chi connectivity index (χ0n) is 5.52. The fourth-order valence-corrected chi connectivity index (χ4v) is 0.331. The molecule has 0 spiro atoms. The second-order valence-electron chi connectivity index (χ2n) is 1.73. The molecule has 0 heterocycles. The Morgan fingerprint density at radius 2 is 2.00 bits per heavy atom. The monoisotopic (exact) mass is 108 g/mol. The Morgan fingerprint density at radius 3 is 2.38 bits per heavy atom. The Labute approximate surface area is 51.2 Å². The summed E-state index contributed by atoms with van der Waals surface area (Å²) in [6.07, 6.45) is 7.91. The van der Waals surface area contributed by atoms with Gasteiger partial charge in [0.1, 0.15) is 0 Å². The molecule has 0 aliphatic heterocycles. The maximum Gasteiger partial charge on any atom is -0.0404 e. The first kappa shape index (κ1) is 7.22. The first-order chi connectivity index (χ1) is 3.77. The van der Waals surface area contributed by atoms with E-state index in [9.17, 15) is 0 Å². The van der Waals surface area contributed by atoms with Gasteiger partial charge in [0.15, 0.2) is 0 Å². The molecule has 0 nitrogen and oxygen atoms in total. The normalized spacial score (nSPS) is 11.2. The highest BCUT2D eigenvalue weighted by Crippen LogP contribution is 1.88. The topological polar surface area (TPSA) is 0 Å². The third-order valence-corrected chi connectivity index (χ3v) is 0.684. The summed E-state index contributed by atoms with van der Waals surface area (Å²) in [6.45, 7) is 7.67. The number of rotatable bonds is 2. The molecule has 44 valence electrons. The predicted molar refractivity (Wildman–Crippen MR) is 38.8 cm³/mol. The molecule has 0 atom stereocenters. The van der Waals surface area contributed by atoms with Crippen molar-refractivity contribution < 1.29 is 0 Å². The molecular weight excluding hydrogens is 96.1 g/mol. The molecule has 0 heteroatoms. The lowest BCUT2D eigenvalue weighted by Crippen LogP contribution is -1.56. The second-order valence-corrected chi connectivity index (χ2v) is 1.73. The van der Waals surface area contributed by atoms with Crippen LogP contribution < -0.4 is 0 Å². The van der Waals surface area contributed by atoms with Gasteiger partial charge in [-0.25, -0.2) is 0 Å². The maximum absolute atomic E-state index is 3.71. The summed E-state index contributed by atoms with van der Waals surface area (Å²) in [6, 6.07) is 0. The average Bonchev–Trinajstić information content (AvgIpc) is 1.66. The lowest BCUT2D eigenvalue weighted by molar-refractivity contribution is 1.56. The molecule has 0 aromatic rings. The third kappa shape index (κ3) is 5.22. The van der Waals surface area contributed by atoms with Crippen LogP contribution >= 0.6 is 0 Å². The fourth-order valence-electron chi connectivity index (χ4n) is 0.331. The summed E-state index contributed by atoms with van der Waals surface area (Å²) in [5, 5.41) is 0. The predicted octanol–water partition coefficient (Wildman–Crippen LogP) is 2.69. The van der Waals surface area contributed by atoms with Crippen LogP contribution in [-0.2, 0) is 0 Å². The zero-order chi connectivity index (χ0) is 6.41. The Hall–Kier alpha value is -0.780. The van der Waals surface area contributed by atoms with Gasteiger partial charge < -0.3 is 0 Å². The van der Waals surface area contributed by atoms with Gasteiger partial charge in [-0.05, 0) is 13.8 Å². The van der Waals surface area contributed by atoms with Gasteiger partial charge in [-0.3, -0.25) is 0 Å². The Balaban J connectivity index is 3.50. The zero-order valence-corrected chi connectivity index (χ0v) is 5.52. The van der Waals surface area contributed by atoms with Crippen molar-refractivity contribution >= 4 is 0 Å². The minimum atomic E-state index is 1.09. The van der Waals surface area contributed by atoms with Crippen molar-refractivity contribution in [3.63, 3.8) is 0 Å². The quantitative estimate of drug-likeness (QED) is 0.477. The SMILES string of the molecule is C=C(C)/C=C\C=CC. The maximum atomic E-state index is 3.71. The summed E-state index contributed by atoms with van der Waals surface area (Å²) in [4.78, 5) is 0. The van der Waals surface area contributed by atoms with Crippen molar-refractivity contribution in [2.45, 2.75) is 13.8 Å². The van der Waals surface area contributed by atoms with E-state index in [0.29, 0.717) is 0 Å². The van der Waals surface area contributed by atoms with Crippen LogP contribution in [0.1, 0.15) is 13.8 Å². The molecule has 0 unspecified atom stereocenters. The molecule has 0 fully saturated rings. The van der Waals surface area contributed by atoms with Gasteiger partial charge in [-0.15, -0.1) is 0 Å². The van der Waals surface area contributed by atoms with Gasteiger partial charge in [0.25, 0.3) is 0 Å². The van der Waals surface area contributed by atoms with E-state index in [1.807, 2.05) is 38.2 Å². The van der Waals surface area contributed by atoms with Crippen molar-refractivity contribution in [3.05, 3.63) is 36.5 Å². The summed E-state index contributed by atoms with van der Waals surface area (Å²) < 4.78 is 0. The molecule has 0 amide bonds. The molecule has 0 aliphatic rings. The Morgan fingerprint density at radius 1 is 1.38 bits per heavy atom. The standard InChI is InChI=1S/C8H12/c1-4-5-6-7-8(2)3/h4-7H,2H2,1,3H3/b5-4?,7-6-. The molecule has 0 aromatic carbocycles. The molecule has 8 heavy (non-hydrogen) atoms. The van der Waals surface area contributed by atoms with Gasteiger partial charge >= 0.3 is 0 Å². The van der Waals surface area contributed by atoms with Gasteiger partial charge in [0, 0.05) is 0 Å². The Bertz CT molecular complexity index is 116. The Kier molecular flexibility index (Phi) is 3.95. The van der Waals surface area contributed by atoms with E-state index < -0.39 is 0 Å². The third-order valence-electron chi connectivity index (χ3n) is 0.684. The van der Waals surface area contributed by atoms with Crippen LogP contribution in [0.3, 0.4) is 0 Å². The second kappa shape index (κ2) is 4.38. The van der Waals surface area contributed by atoms with Crippen LogP contribution in [0, 0.1) is 0 Å². The van der Waals surface area contributed by atoms with E-state index in [0.717, 1.165) is 5.57 Å². The van der Waals surface area contributed by atoms with E-state index in [-0.39, 0.29) is 0 Å². The van der Waals surface area contributed by atoms with Crippen LogP contribution in [0.25, 0.3) is 0 Å². The fraction of sp³-hybridized carbons (Fsp3) is 0.250. The van der Waals surface area contributed by atoms with Crippen molar-refractivity contribution in [3.8, 4) is 0 Å². The highest BCUT2D eigenvalue weighted by Gasteiger charge is 1.66.